The Morgan fingerprint density at radius 1 is 0.839 bits per heavy atom. The van der Waals surface area contributed by atoms with E-state index < -0.39 is 41.8 Å². The molecule has 164 valence electrons. The number of carbonyl (C=O) groups excluding carboxylic acids is 4. The van der Waals surface area contributed by atoms with Crippen molar-refractivity contribution in [3.63, 3.8) is 0 Å². The lowest BCUT2D eigenvalue weighted by Gasteiger charge is -2.22. The number of aromatic nitrogens is 3. The van der Waals surface area contributed by atoms with E-state index in [1.165, 1.54) is 13.8 Å². The van der Waals surface area contributed by atoms with E-state index in [1.807, 2.05) is 0 Å². The van der Waals surface area contributed by atoms with Crippen molar-refractivity contribution in [2.75, 3.05) is 0 Å². The summed E-state index contributed by atoms with van der Waals surface area (Å²) in [6.45, 7) is 6.33. The van der Waals surface area contributed by atoms with Crippen molar-refractivity contribution in [1.29, 1.82) is 0 Å². The fourth-order valence-corrected chi connectivity index (χ4v) is 3.16. The third-order valence-corrected chi connectivity index (χ3v) is 4.95. The standard InChI is InChI=1S/C20H25N7O4/c1-10-17(28)21-9-16-26-25-13(4)27(16)15-8-6-5-7-14(15)20(31)24-12(3)19(30)23-11(2)18(29)22-10/h5-8,10-12H,9H2,1-4H3,(H,21,28)(H,22,29)(H,23,30)(H,24,31)/t10-,11+,12-/m0/s1. The molecule has 1 aliphatic rings. The van der Waals surface area contributed by atoms with Gasteiger partial charge in [0.15, 0.2) is 5.82 Å². The number of benzene rings is 1. The summed E-state index contributed by atoms with van der Waals surface area (Å²) < 4.78 is 1.66. The number of amides is 4. The predicted octanol–water partition coefficient (Wildman–Crippen LogP) is -0.667. The zero-order valence-corrected chi connectivity index (χ0v) is 17.7. The lowest BCUT2D eigenvalue weighted by molar-refractivity contribution is -0.131. The monoisotopic (exact) mass is 427 g/mol. The number of aryl methyl sites for hydroxylation is 1. The molecule has 11 nitrogen and oxygen atoms in total. The van der Waals surface area contributed by atoms with Crippen molar-refractivity contribution in [2.24, 2.45) is 0 Å². The highest BCUT2D eigenvalue weighted by Crippen LogP contribution is 2.18. The molecule has 0 fully saturated rings. The van der Waals surface area contributed by atoms with Gasteiger partial charge in [0.1, 0.15) is 23.9 Å². The van der Waals surface area contributed by atoms with Gasteiger partial charge >= 0.3 is 0 Å². The van der Waals surface area contributed by atoms with Gasteiger partial charge in [-0.15, -0.1) is 10.2 Å². The van der Waals surface area contributed by atoms with Crippen molar-refractivity contribution in [3.05, 3.63) is 41.5 Å². The SMILES string of the molecule is Cc1nnc2n1-c1ccccc1C(=O)N[C@@H](C)C(=O)N[C@H](C)C(=O)N[C@@H](C)C(=O)NC2. The molecular weight excluding hydrogens is 402 g/mol. The third kappa shape index (κ3) is 4.71. The summed E-state index contributed by atoms with van der Waals surface area (Å²) in [7, 11) is 0. The van der Waals surface area contributed by atoms with Gasteiger partial charge in [-0.3, -0.25) is 23.7 Å². The van der Waals surface area contributed by atoms with Crippen molar-refractivity contribution in [2.45, 2.75) is 52.4 Å². The summed E-state index contributed by atoms with van der Waals surface area (Å²) in [4.78, 5) is 50.2. The average molecular weight is 427 g/mol. The minimum Gasteiger partial charge on any atom is -0.347 e. The molecule has 4 amide bonds. The molecule has 0 aliphatic carbocycles. The number of hydrogen-bond donors (Lipinski definition) is 4. The molecule has 0 unspecified atom stereocenters. The normalized spacial score (nSPS) is 23.0. The van der Waals surface area contributed by atoms with Crippen LogP contribution >= 0.6 is 0 Å². The molecule has 3 atom stereocenters. The second-order valence-electron chi connectivity index (χ2n) is 7.39. The molecule has 11 heteroatoms. The molecule has 0 saturated carbocycles. The number of fused-ring (bicyclic) bond motifs is 3. The van der Waals surface area contributed by atoms with Gasteiger partial charge in [0.25, 0.3) is 5.91 Å². The Morgan fingerprint density at radius 3 is 2.10 bits per heavy atom. The van der Waals surface area contributed by atoms with E-state index in [1.54, 1.807) is 42.7 Å². The molecule has 0 spiro atoms. The van der Waals surface area contributed by atoms with Crippen LogP contribution in [-0.2, 0) is 20.9 Å². The van der Waals surface area contributed by atoms with Crippen molar-refractivity contribution < 1.29 is 19.2 Å². The van der Waals surface area contributed by atoms with Gasteiger partial charge in [-0.2, -0.15) is 0 Å². The van der Waals surface area contributed by atoms with Crippen LogP contribution in [-0.4, -0.2) is 56.5 Å². The van der Waals surface area contributed by atoms with Crippen LogP contribution in [0.25, 0.3) is 5.69 Å². The quantitative estimate of drug-likeness (QED) is 0.439. The van der Waals surface area contributed by atoms with Crippen LogP contribution in [0.5, 0.6) is 0 Å². The Bertz CT molecular complexity index is 1030. The lowest BCUT2D eigenvalue weighted by atomic mass is 10.1. The van der Waals surface area contributed by atoms with Crippen LogP contribution in [0, 0.1) is 6.92 Å². The first-order valence-corrected chi connectivity index (χ1v) is 9.88. The molecule has 0 saturated heterocycles. The summed E-state index contributed by atoms with van der Waals surface area (Å²) >= 11 is 0. The van der Waals surface area contributed by atoms with Gasteiger partial charge in [0.2, 0.25) is 17.7 Å². The second kappa shape index (κ2) is 8.94. The molecule has 4 N–H and O–H groups in total. The van der Waals surface area contributed by atoms with E-state index in [0.717, 1.165) is 0 Å². The van der Waals surface area contributed by atoms with Crippen LogP contribution in [0.4, 0.5) is 0 Å². The van der Waals surface area contributed by atoms with Crippen LogP contribution < -0.4 is 21.3 Å². The van der Waals surface area contributed by atoms with Crippen molar-refractivity contribution in [3.8, 4) is 5.69 Å². The van der Waals surface area contributed by atoms with Gasteiger partial charge in [0.05, 0.1) is 17.8 Å². The number of carbonyl (C=O) groups is 4. The van der Waals surface area contributed by atoms with Gasteiger partial charge in [0, 0.05) is 0 Å². The molecular formula is C20H25N7O4. The van der Waals surface area contributed by atoms with Gasteiger partial charge in [-0.05, 0) is 39.8 Å². The first-order chi connectivity index (χ1) is 14.7. The van der Waals surface area contributed by atoms with E-state index in [-0.39, 0.29) is 6.54 Å². The van der Waals surface area contributed by atoms with Gasteiger partial charge in [-0.25, -0.2) is 0 Å². The van der Waals surface area contributed by atoms with Crippen molar-refractivity contribution >= 4 is 23.6 Å². The van der Waals surface area contributed by atoms with Crippen LogP contribution in [0.2, 0.25) is 0 Å². The fourth-order valence-electron chi connectivity index (χ4n) is 3.16. The Labute approximate surface area is 179 Å². The van der Waals surface area contributed by atoms with Gasteiger partial charge in [-0.1, -0.05) is 12.1 Å². The Balaban J connectivity index is 2.04. The molecule has 31 heavy (non-hydrogen) atoms. The maximum Gasteiger partial charge on any atom is 0.254 e. The Morgan fingerprint density at radius 2 is 1.42 bits per heavy atom. The maximum absolute atomic E-state index is 12.9. The van der Waals surface area contributed by atoms with E-state index in [0.29, 0.717) is 22.9 Å². The lowest BCUT2D eigenvalue weighted by Crippen LogP contribution is -2.54. The van der Waals surface area contributed by atoms with E-state index in [9.17, 15) is 19.2 Å². The summed E-state index contributed by atoms with van der Waals surface area (Å²) in [5, 5.41) is 18.6. The van der Waals surface area contributed by atoms with E-state index >= 15 is 0 Å². The summed E-state index contributed by atoms with van der Waals surface area (Å²) in [6.07, 6.45) is 0. The van der Waals surface area contributed by atoms with Crippen LogP contribution in [0.3, 0.4) is 0 Å². The number of para-hydroxylation sites is 1. The number of nitrogens with zero attached hydrogens (tertiary/aromatic N) is 3. The summed E-state index contributed by atoms with van der Waals surface area (Å²) in [5.41, 5.74) is 0.824. The minimum atomic E-state index is -0.897. The number of nitrogens with one attached hydrogen (secondary N) is 4. The molecule has 2 aromatic rings. The first-order valence-electron chi connectivity index (χ1n) is 9.88. The number of rotatable bonds is 0. The zero-order chi connectivity index (χ0) is 22.7. The Kier molecular flexibility index (Phi) is 6.33. The van der Waals surface area contributed by atoms with Crippen molar-refractivity contribution in [1.82, 2.24) is 36.0 Å². The molecule has 3 rings (SSSR count). The highest BCUT2D eigenvalue weighted by Gasteiger charge is 2.26. The van der Waals surface area contributed by atoms with Crippen LogP contribution in [0.15, 0.2) is 24.3 Å². The molecule has 2 heterocycles. The second-order valence-corrected chi connectivity index (χ2v) is 7.39. The Hall–Kier alpha value is -3.76. The average Bonchev–Trinajstić information content (AvgIpc) is 3.11. The molecule has 0 radical (unpaired) electrons. The smallest absolute Gasteiger partial charge is 0.254 e. The third-order valence-electron chi connectivity index (χ3n) is 4.95. The largest absolute Gasteiger partial charge is 0.347 e. The zero-order valence-electron chi connectivity index (χ0n) is 17.7. The first kappa shape index (κ1) is 21.9. The highest BCUT2D eigenvalue weighted by atomic mass is 16.2. The topological polar surface area (TPSA) is 147 Å². The summed E-state index contributed by atoms with van der Waals surface area (Å²) in [5.74, 6) is -1.02. The highest BCUT2D eigenvalue weighted by molar-refractivity contribution is 6.01. The molecule has 1 aromatic heterocycles. The molecule has 0 bridgehead atoms. The van der Waals surface area contributed by atoms with E-state index in [4.69, 9.17) is 0 Å². The van der Waals surface area contributed by atoms with Gasteiger partial charge < -0.3 is 21.3 Å². The number of hydrogen-bond acceptors (Lipinski definition) is 6. The molecule has 1 aliphatic heterocycles. The fraction of sp³-hybridized carbons (Fsp3) is 0.400. The summed E-state index contributed by atoms with van der Waals surface area (Å²) in [6, 6.07) is 4.20. The maximum atomic E-state index is 12.9. The minimum absolute atomic E-state index is 0.0402. The molecule has 1 aromatic carbocycles. The predicted molar refractivity (Wildman–Crippen MR) is 110 cm³/mol. The van der Waals surface area contributed by atoms with Crippen LogP contribution in [0.1, 0.15) is 42.8 Å². The van der Waals surface area contributed by atoms with E-state index in [2.05, 4.69) is 31.5 Å².